The molecular formula is C102H58N4. The van der Waals surface area contributed by atoms with Gasteiger partial charge in [0.15, 0.2) is 0 Å². The lowest BCUT2D eigenvalue weighted by Crippen LogP contribution is -2.49. The van der Waals surface area contributed by atoms with Crippen LogP contribution in [0.15, 0.2) is 360 Å². The predicted molar refractivity (Wildman–Crippen MR) is 428 cm³/mol. The minimum atomic E-state index is -0.871. The van der Waals surface area contributed by atoms with Gasteiger partial charge in [0.05, 0.1) is 22.7 Å². The van der Waals surface area contributed by atoms with E-state index < -0.39 is 21.7 Å². The second-order valence-electron chi connectivity index (χ2n) is 27.0. The molecule has 0 saturated heterocycles. The molecule has 21 rings (SSSR count). The maximum Gasteiger partial charge on any atom is 0.108 e. The van der Waals surface area contributed by atoms with E-state index in [1.807, 2.05) is 84.9 Å². The number of hydrogen-bond donors (Lipinski definition) is 0. The molecule has 0 spiro atoms. The Balaban J connectivity index is 0.802. The molecule has 0 saturated carbocycles. The van der Waals surface area contributed by atoms with Gasteiger partial charge in [-0.3, -0.25) is 0 Å². The summed E-state index contributed by atoms with van der Waals surface area (Å²) in [6, 6.07) is 117. The Morgan fingerprint density at radius 2 is 0.481 bits per heavy atom. The van der Waals surface area contributed by atoms with Crippen molar-refractivity contribution in [3.63, 3.8) is 0 Å². The summed E-state index contributed by atoms with van der Waals surface area (Å²) in [7, 11) is 0. The van der Waals surface area contributed by atoms with Gasteiger partial charge in [0, 0.05) is 33.4 Å². The SMILES string of the molecule is C#CC12c3ccccc3C(C#Cc3cccc(-c4ccc(N=Nc5ccccc5)cc4)c3C#Cc3c4ccccc4c(C#Cc4c(C#CC56c7ccccc7C(C#C)(c7ccccc75)c5ccccc56)cccc4-c4cccc(N=Nc5ccccc5)c4)c4ccccc34)(c3ccccc31)c1ccccc12. The zero-order valence-electron chi connectivity index (χ0n) is 57.3. The van der Waals surface area contributed by atoms with Crippen LogP contribution >= 0.6 is 0 Å². The summed E-state index contributed by atoms with van der Waals surface area (Å²) < 4.78 is 0. The number of fused-ring (bicyclic) bond motifs is 2. The van der Waals surface area contributed by atoms with Gasteiger partial charge in [-0.25, -0.2) is 0 Å². The van der Waals surface area contributed by atoms with Gasteiger partial charge in [-0.2, -0.15) is 20.5 Å². The Morgan fingerprint density at radius 1 is 0.208 bits per heavy atom. The van der Waals surface area contributed by atoms with Crippen LogP contribution in [0, 0.1) is 72.1 Å². The Bertz CT molecular complexity index is 6350. The maximum atomic E-state index is 6.78. The fourth-order valence-corrected chi connectivity index (χ4v) is 17.1. The molecule has 0 unspecified atom stereocenters. The summed E-state index contributed by atoms with van der Waals surface area (Å²) in [4.78, 5) is 0. The van der Waals surface area contributed by atoms with Gasteiger partial charge in [0.1, 0.15) is 21.7 Å². The molecule has 0 atom stereocenters. The Kier molecular flexibility index (Phi) is 14.8. The zero-order chi connectivity index (χ0) is 70.8. The van der Waals surface area contributed by atoms with Crippen LogP contribution in [0.3, 0.4) is 0 Å². The molecule has 0 N–H and O–H groups in total. The Morgan fingerprint density at radius 3 is 0.830 bits per heavy atom. The van der Waals surface area contributed by atoms with E-state index >= 15 is 0 Å². The molecule has 4 nitrogen and oxygen atoms in total. The number of azo groups is 2. The molecule has 486 valence electrons. The lowest BCUT2D eigenvalue weighted by molar-refractivity contribution is 0.606. The molecule has 0 fully saturated rings. The molecule has 0 radical (unpaired) electrons. The van der Waals surface area contributed by atoms with E-state index in [4.69, 9.17) is 18.0 Å². The van der Waals surface area contributed by atoms with Gasteiger partial charge in [0.2, 0.25) is 0 Å². The second kappa shape index (κ2) is 25.2. The highest BCUT2D eigenvalue weighted by molar-refractivity contribution is 6.10. The van der Waals surface area contributed by atoms with Crippen LogP contribution in [0.4, 0.5) is 22.7 Å². The molecule has 6 aliphatic rings. The molecule has 6 aliphatic carbocycles. The monoisotopic (exact) mass is 1340 g/mol. The summed E-state index contributed by atoms with van der Waals surface area (Å²) in [5, 5.41) is 22.4. The van der Waals surface area contributed by atoms with Gasteiger partial charge < -0.3 is 0 Å². The van der Waals surface area contributed by atoms with E-state index in [2.05, 4.69) is 329 Å². The van der Waals surface area contributed by atoms with Crippen molar-refractivity contribution in [3.8, 4) is 94.3 Å². The van der Waals surface area contributed by atoms with Crippen LogP contribution in [-0.4, -0.2) is 0 Å². The van der Waals surface area contributed by atoms with Crippen molar-refractivity contribution in [2.75, 3.05) is 0 Å². The summed E-state index contributed by atoms with van der Waals surface area (Å²) in [6.45, 7) is 0. The number of rotatable bonds is 6. The smallest absolute Gasteiger partial charge is 0.108 e. The highest BCUT2D eigenvalue weighted by Crippen LogP contribution is 2.63. The summed E-state index contributed by atoms with van der Waals surface area (Å²) >= 11 is 0. The summed E-state index contributed by atoms with van der Waals surface area (Å²) in [6.07, 6.45) is 13.5. The van der Waals surface area contributed by atoms with Gasteiger partial charge in [0.25, 0.3) is 0 Å². The highest BCUT2D eigenvalue weighted by Gasteiger charge is 2.59. The first-order valence-electron chi connectivity index (χ1n) is 35.4. The third kappa shape index (κ3) is 9.48. The Hall–Kier alpha value is -14.6. The topological polar surface area (TPSA) is 49.4 Å². The molecule has 106 heavy (non-hydrogen) atoms. The van der Waals surface area contributed by atoms with Crippen molar-refractivity contribution >= 4 is 44.3 Å². The number of benzene rings is 15. The van der Waals surface area contributed by atoms with E-state index in [1.165, 1.54) is 0 Å². The first-order chi connectivity index (χ1) is 52.4. The summed E-state index contributed by atoms with van der Waals surface area (Å²) in [5.41, 5.74) is 21.1. The molecule has 4 heteroatoms. The third-order valence-corrected chi connectivity index (χ3v) is 21.7. The number of hydrogen-bond acceptors (Lipinski definition) is 4. The lowest BCUT2D eigenvalue weighted by atomic mass is 9.47. The fraction of sp³-hybridized carbons (Fsp3) is 0.0392. The first-order valence-corrected chi connectivity index (χ1v) is 35.4. The first kappa shape index (κ1) is 62.4. The average molecular weight is 1340 g/mol. The molecular weight excluding hydrogens is 1280 g/mol. The van der Waals surface area contributed by atoms with E-state index in [9.17, 15) is 0 Å². The Labute approximate surface area is 616 Å². The molecule has 15 aromatic rings. The number of terminal acetylenes is 2. The molecule has 4 bridgehead atoms. The standard InChI is InChI=1S/C102H58N4/c1-3-99-87-44-15-21-50-93(87)101(94-51-22-16-45-88(94)99,95-52-23-17-46-89(95)99)66-64-69-30-28-42-77(71-56-58-75(59-57-71)105-103-73-33-7-5-8-34-73)79(69)60-62-85-81-38-11-13-40-83(81)86(84-41-14-12-39-82(84)85)63-61-80-70(31-29-43-78(80)72-32-27-37-76(68-72)106-104-74-35-9-6-10-36-74)65-67-102-96-53-24-18-47-90(96)100(4-2,91-48-19-25-54-97(91)102)92-49-20-26-55-98(92)102/h1-2,5-59,68H. The lowest BCUT2D eigenvalue weighted by Gasteiger charge is -2.52. The summed E-state index contributed by atoms with van der Waals surface area (Å²) in [5.74, 6) is 37.9. The van der Waals surface area contributed by atoms with E-state index in [1.54, 1.807) is 0 Å². The van der Waals surface area contributed by atoms with Gasteiger partial charge in [-0.15, -0.1) is 12.8 Å². The van der Waals surface area contributed by atoms with Crippen molar-refractivity contribution in [2.45, 2.75) is 21.7 Å². The second-order valence-corrected chi connectivity index (χ2v) is 27.0. The van der Waals surface area contributed by atoms with Gasteiger partial charge in [-0.05, 0) is 171 Å². The maximum absolute atomic E-state index is 6.78. The van der Waals surface area contributed by atoms with Crippen molar-refractivity contribution in [1.82, 2.24) is 0 Å². The quantitative estimate of drug-likeness (QED) is 0.0905. The van der Waals surface area contributed by atoms with Crippen LogP contribution in [0.1, 0.15) is 100 Å². The average Bonchev–Trinajstić information content (AvgIpc) is 0.667. The van der Waals surface area contributed by atoms with E-state index in [-0.39, 0.29) is 0 Å². The van der Waals surface area contributed by atoms with E-state index in [0.29, 0.717) is 5.69 Å². The van der Waals surface area contributed by atoms with Crippen LogP contribution in [0.25, 0.3) is 43.8 Å². The highest BCUT2D eigenvalue weighted by atomic mass is 15.1. The van der Waals surface area contributed by atoms with Crippen LogP contribution < -0.4 is 0 Å². The van der Waals surface area contributed by atoms with Gasteiger partial charge >= 0.3 is 0 Å². The normalized spacial score (nSPS) is 17.6. The third-order valence-electron chi connectivity index (χ3n) is 21.7. The minimum absolute atomic E-state index is 0.703. The van der Waals surface area contributed by atoms with Crippen molar-refractivity contribution < 1.29 is 0 Å². The van der Waals surface area contributed by atoms with Crippen molar-refractivity contribution in [2.24, 2.45) is 20.5 Å². The van der Waals surface area contributed by atoms with Crippen LogP contribution in [-0.2, 0) is 21.7 Å². The van der Waals surface area contributed by atoms with E-state index in [0.717, 1.165) is 161 Å². The van der Waals surface area contributed by atoms with Crippen LogP contribution in [0.5, 0.6) is 0 Å². The van der Waals surface area contributed by atoms with Crippen molar-refractivity contribution in [1.29, 1.82) is 0 Å². The molecule has 0 aliphatic heterocycles. The zero-order valence-corrected chi connectivity index (χ0v) is 57.3. The molecule has 15 aromatic carbocycles. The van der Waals surface area contributed by atoms with Gasteiger partial charge in [-0.1, -0.05) is 338 Å². The van der Waals surface area contributed by atoms with Crippen LogP contribution in [0.2, 0.25) is 0 Å². The largest absolute Gasteiger partial charge is 0.151 e. The molecule has 0 amide bonds. The number of nitrogens with zero attached hydrogens (tertiary/aromatic N) is 4. The minimum Gasteiger partial charge on any atom is -0.151 e. The molecule has 0 heterocycles. The van der Waals surface area contributed by atoms with Crippen molar-refractivity contribution in [3.05, 3.63) is 440 Å². The fourth-order valence-electron chi connectivity index (χ4n) is 17.1. The predicted octanol–water partition coefficient (Wildman–Crippen LogP) is 22.9. The molecule has 0 aromatic heterocycles.